The molecule has 5 heteroatoms. The van der Waals surface area contributed by atoms with Crippen LogP contribution in [0.5, 0.6) is 0 Å². The third-order valence-electron chi connectivity index (χ3n) is 5.29. The number of hydrogen-bond acceptors (Lipinski definition) is 3. The molecule has 1 aliphatic carbocycles. The van der Waals surface area contributed by atoms with Crippen LogP contribution in [0.1, 0.15) is 53.8 Å². The Morgan fingerprint density at radius 1 is 1.18 bits per heavy atom. The first kappa shape index (κ1) is 19.6. The number of anilines is 1. The van der Waals surface area contributed by atoms with Crippen LogP contribution in [-0.2, 0) is 5.75 Å². The maximum atomic E-state index is 13.1. The van der Waals surface area contributed by atoms with Gasteiger partial charge in [-0.3, -0.25) is 4.79 Å². The predicted molar refractivity (Wildman–Crippen MR) is 121 cm³/mol. The van der Waals surface area contributed by atoms with Gasteiger partial charge in [-0.05, 0) is 59.5 Å². The SMILES string of the molecule is Cc1ccc(NC(=O)c2oc3ccccc3c2CSC2CCCCC2)c(Br)c1. The Balaban J connectivity index is 1.60. The number of amides is 1. The van der Waals surface area contributed by atoms with Gasteiger partial charge in [0.25, 0.3) is 5.91 Å². The molecule has 1 aliphatic rings. The van der Waals surface area contributed by atoms with E-state index >= 15 is 0 Å². The summed E-state index contributed by atoms with van der Waals surface area (Å²) in [6, 6.07) is 13.8. The van der Waals surface area contributed by atoms with E-state index in [-0.39, 0.29) is 5.91 Å². The fourth-order valence-electron chi connectivity index (χ4n) is 3.76. The lowest BCUT2D eigenvalue weighted by atomic mass is 10.0. The van der Waals surface area contributed by atoms with Gasteiger partial charge in [0.05, 0.1) is 5.69 Å². The van der Waals surface area contributed by atoms with Gasteiger partial charge < -0.3 is 9.73 Å². The number of carbonyl (C=O) groups excluding carboxylic acids is 1. The van der Waals surface area contributed by atoms with Crippen LogP contribution in [0.2, 0.25) is 0 Å². The van der Waals surface area contributed by atoms with Crippen LogP contribution >= 0.6 is 27.7 Å². The highest BCUT2D eigenvalue weighted by molar-refractivity contribution is 9.10. The number of nitrogens with one attached hydrogen (secondary N) is 1. The molecule has 1 heterocycles. The lowest BCUT2D eigenvalue weighted by Crippen LogP contribution is -2.14. The van der Waals surface area contributed by atoms with E-state index < -0.39 is 0 Å². The second-order valence-corrected chi connectivity index (χ2v) is 9.56. The van der Waals surface area contributed by atoms with Gasteiger partial charge in [0.1, 0.15) is 5.58 Å². The second-order valence-electron chi connectivity index (χ2n) is 7.41. The highest BCUT2D eigenvalue weighted by Crippen LogP contribution is 2.35. The van der Waals surface area contributed by atoms with Gasteiger partial charge in [-0.25, -0.2) is 0 Å². The van der Waals surface area contributed by atoms with Crippen LogP contribution in [0.3, 0.4) is 0 Å². The average molecular weight is 458 g/mol. The smallest absolute Gasteiger partial charge is 0.291 e. The molecule has 3 aromatic rings. The molecule has 3 nitrogen and oxygen atoms in total. The average Bonchev–Trinajstić information content (AvgIpc) is 3.08. The number of carbonyl (C=O) groups is 1. The molecule has 2 aromatic carbocycles. The first-order valence-electron chi connectivity index (χ1n) is 9.81. The van der Waals surface area contributed by atoms with Crippen LogP contribution < -0.4 is 5.32 Å². The summed E-state index contributed by atoms with van der Waals surface area (Å²) in [5, 5.41) is 4.73. The molecule has 0 aliphatic heterocycles. The molecule has 0 unspecified atom stereocenters. The van der Waals surface area contributed by atoms with E-state index in [1.165, 1.54) is 32.1 Å². The van der Waals surface area contributed by atoms with Gasteiger partial charge in [0.15, 0.2) is 5.76 Å². The first-order chi connectivity index (χ1) is 13.6. The number of halogens is 1. The summed E-state index contributed by atoms with van der Waals surface area (Å²) in [4.78, 5) is 13.1. The van der Waals surface area contributed by atoms with Crippen molar-refractivity contribution in [2.75, 3.05) is 5.32 Å². The van der Waals surface area contributed by atoms with Crippen LogP contribution in [0.25, 0.3) is 11.0 Å². The molecule has 0 atom stereocenters. The molecule has 1 aromatic heterocycles. The zero-order valence-electron chi connectivity index (χ0n) is 16.0. The van der Waals surface area contributed by atoms with E-state index in [9.17, 15) is 4.79 Å². The third kappa shape index (κ3) is 4.31. The van der Waals surface area contributed by atoms with Crippen molar-refractivity contribution >= 4 is 50.3 Å². The maximum absolute atomic E-state index is 13.1. The highest BCUT2D eigenvalue weighted by Gasteiger charge is 2.23. The summed E-state index contributed by atoms with van der Waals surface area (Å²) in [7, 11) is 0. The molecule has 1 N–H and O–H groups in total. The molecular weight excluding hydrogens is 434 g/mol. The molecule has 28 heavy (non-hydrogen) atoms. The minimum atomic E-state index is -0.194. The van der Waals surface area contributed by atoms with Crippen molar-refractivity contribution in [1.29, 1.82) is 0 Å². The molecule has 1 fully saturated rings. The topological polar surface area (TPSA) is 42.2 Å². The van der Waals surface area contributed by atoms with E-state index in [2.05, 4.69) is 21.2 Å². The van der Waals surface area contributed by atoms with Gasteiger partial charge >= 0.3 is 0 Å². The van der Waals surface area contributed by atoms with E-state index in [4.69, 9.17) is 4.42 Å². The minimum absolute atomic E-state index is 0.194. The Bertz CT molecular complexity index is 991. The zero-order chi connectivity index (χ0) is 19.5. The highest BCUT2D eigenvalue weighted by atomic mass is 79.9. The van der Waals surface area contributed by atoms with Gasteiger partial charge in [-0.15, -0.1) is 0 Å². The molecule has 1 amide bonds. The minimum Gasteiger partial charge on any atom is -0.451 e. The monoisotopic (exact) mass is 457 g/mol. The van der Waals surface area contributed by atoms with Crippen molar-refractivity contribution in [3.63, 3.8) is 0 Å². The Morgan fingerprint density at radius 2 is 1.96 bits per heavy atom. The quantitative estimate of drug-likeness (QED) is 0.436. The molecular formula is C23H24BrNO2S. The number of aryl methyl sites for hydroxylation is 1. The molecule has 0 radical (unpaired) electrons. The van der Waals surface area contributed by atoms with Gasteiger partial charge in [0, 0.05) is 26.4 Å². The van der Waals surface area contributed by atoms with E-state index in [0.29, 0.717) is 11.0 Å². The van der Waals surface area contributed by atoms with E-state index in [0.717, 1.165) is 38.0 Å². The molecule has 1 saturated carbocycles. The summed E-state index contributed by atoms with van der Waals surface area (Å²) in [5.74, 6) is 1.04. The molecule has 4 rings (SSSR count). The van der Waals surface area contributed by atoms with Gasteiger partial charge in [0.2, 0.25) is 0 Å². The Hall–Kier alpha value is -1.72. The second kappa shape index (κ2) is 8.75. The maximum Gasteiger partial charge on any atom is 0.291 e. The number of fused-ring (bicyclic) bond motifs is 1. The molecule has 0 bridgehead atoms. The van der Waals surface area contributed by atoms with Crippen molar-refractivity contribution in [1.82, 2.24) is 0 Å². The summed E-state index contributed by atoms with van der Waals surface area (Å²) >= 11 is 5.50. The number of hydrogen-bond donors (Lipinski definition) is 1. The number of rotatable bonds is 5. The normalized spacial score (nSPS) is 15.1. The fourth-order valence-corrected chi connectivity index (χ4v) is 5.71. The zero-order valence-corrected chi connectivity index (χ0v) is 18.4. The van der Waals surface area contributed by atoms with Crippen LogP contribution in [-0.4, -0.2) is 11.2 Å². The van der Waals surface area contributed by atoms with Gasteiger partial charge in [-0.1, -0.05) is 43.5 Å². The Labute approximate surface area is 178 Å². The molecule has 0 saturated heterocycles. The van der Waals surface area contributed by atoms with Gasteiger partial charge in [-0.2, -0.15) is 11.8 Å². The standard InChI is InChI=1S/C23H24BrNO2S/c1-15-11-12-20(19(24)13-15)25-23(26)22-18(14-28-16-7-3-2-4-8-16)17-9-5-6-10-21(17)27-22/h5-6,9-13,16H,2-4,7-8,14H2,1H3,(H,25,26). The first-order valence-corrected chi connectivity index (χ1v) is 11.7. The molecule has 146 valence electrons. The number of benzene rings is 2. The van der Waals surface area contributed by atoms with Crippen molar-refractivity contribution < 1.29 is 9.21 Å². The number of para-hydroxylation sites is 1. The number of furan rings is 1. The fraction of sp³-hybridized carbons (Fsp3) is 0.348. The van der Waals surface area contributed by atoms with Crippen LogP contribution in [0.4, 0.5) is 5.69 Å². The Kier molecular flexibility index (Phi) is 6.12. The van der Waals surface area contributed by atoms with E-state index in [1.807, 2.05) is 61.2 Å². The van der Waals surface area contributed by atoms with Crippen molar-refractivity contribution in [3.8, 4) is 0 Å². The lowest BCUT2D eigenvalue weighted by molar-refractivity contribution is 0.0997. The van der Waals surface area contributed by atoms with Crippen molar-refractivity contribution in [2.45, 2.75) is 50.0 Å². The van der Waals surface area contributed by atoms with Crippen molar-refractivity contribution in [3.05, 3.63) is 63.8 Å². The predicted octanol–water partition coefficient (Wildman–Crippen LogP) is 7.32. The summed E-state index contributed by atoms with van der Waals surface area (Å²) in [6.45, 7) is 2.02. The largest absolute Gasteiger partial charge is 0.451 e. The summed E-state index contributed by atoms with van der Waals surface area (Å²) in [6.07, 6.45) is 6.54. The lowest BCUT2D eigenvalue weighted by Gasteiger charge is -2.20. The van der Waals surface area contributed by atoms with E-state index in [1.54, 1.807) is 0 Å². The number of thioether (sulfide) groups is 1. The summed E-state index contributed by atoms with van der Waals surface area (Å²) in [5.41, 5.74) is 3.67. The summed E-state index contributed by atoms with van der Waals surface area (Å²) < 4.78 is 6.87. The Morgan fingerprint density at radius 3 is 2.75 bits per heavy atom. The van der Waals surface area contributed by atoms with Crippen molar-refractivity contribution in [2.24, 2.45) is 0 Å². The van der Waals surface area contributed by atoms with Crippen LogP contribution in [0.15, 0.2) is 51.4 Å². The third-order valence-corrected chi connectivity index (χ3v) is 7.35. The van der Waals surface area contributed by atoms with Crippen LogP contribution in [0, 0.1) is 6.92 Å². The molecule has 0 spiro atoms.